The number of benzene rings is 1. The summed E-state index contributed by atoms with van der Waals surface area (Å²) >= 11 is 0. The van der Waals surface area contributed by atoms with E-state index < -0.39 is 11.8 Å². The summed E-state index contributed by atoms with van der Waals surface area (Å²) < 4.78 is 26.3. The van der Waals surface area contributed by atoms with Gasteiger partial charge in [0.05, 0.1) is 11.7 Å². The van der Waals surface area contributed by atoms with Crippen LogP contribution in [0.25, 0.3) is 0 Å². The highest BCUT2D eigenvalue weighted by atomic mass is 19.1. The molecule has 168 valence electrons. The lowest BCUT2D eigenvalue weighted by atomic mass is 9.85. The van der Waals surface area contributed by atoms with Gasteiger partial charge in [-0.05, 0) is 68.1 Å². The van der Waals surface area contributed by atoms with E-state index >= 15 is 0 Å². The molecule has 2 aliphatic rings. The standard InChI is InChI=1S/C26H39FO3/c1-3-5-6-8-20-15-16-29-25(17-20)21-11-14-23(24(27)18-21)26(28)30-22-12-9-19(7-4-2)10-13-22/h11,14,18-20,22,25H,3-10,12-13,15-17H2,1-2H3. The van der Waals surface area contributed by atoms with Crippen LogP contribution in [0.2, 0.25) is 0 Å². The van der Waals surface area contributed by atoms with Crippen molar-refractivity contribution in [3.63, 3.8) is 0 Å². The van der Waals surface area contributed by atoms with E-state index in [0.717, 1.165) is 56.6 Å². The molecule has 1 aromatic carbocycles. The van der Waals surface area contributed by atoms with Crippen LogP contribution in [-0.2, 0) is 9.47 Å². The Bertz CT molecular complexity index is 666. The van der Waals surface area contributed by atoms with Crippen molar-refractivity contribution in [2.45, 2.75) is 103 Å². The topological polar surface area (TPSA) is 35.5 Å². The molecule has 1 aromatic rings. The first kappa shape index (κ1) is 23.2. The lowest BCUT2D eigenvalue weighted by Gasteiger charge is -2.30. The second-order valence-corrected chi connectivity index (χ2v) is 9.32. The van der Waals surface area contributed by atoms with E-state index in [9.17, 15) is 9.18 Å². The molecule has 3 nitrogen and oxygen atoms in total. The minimum atomic E-state index is -0.528. The molecule has 2 atom stereocenters. The molecule has 30 heavy (non-hydrogen) atoms. The number of hydrogen-bond donors (Lipinski definition) is 0. The van der Waals surface area contributed by atoms with Crippen molar-refractivity contribution in [1.29, 1.82) is 0 Å². The van der Waals surface area contributed by atoms with E-state index in [1.807, 2.05) is 6.07 Å². The second kappa shape index (κ2) is 11.8. The Morgan fingerprint density at radius 2 is 1.83 bits per heavy atom. The van der Waals surface area contributed by atoms with Crippen LogP contribution in [0.4, 0.5) is 4.39 Å². The maximum absolute atomic E-state index is 14.8. The average Bonchev–Trinajstić information content (AvgIpc) is 2.75. The molecule has 1 heterocycles. The number of unbranched alkanes of at least 4 members (excludes halogenated alkanes) is 2. The first-order valence-corrected chi connectivity index (χ1v) is 12.2. The Kier molecular flexibility index (Phi) is 9.17. The average molecular weight is 419 g/mol. The van der Waals surface area contributed by atoms with E-state index in [-0.39, 0.29) is 17.8 Å². The van der Waals surface area contributed by atoms with Crippen LogP contribution in [0, 0.1) is 17.7 Å². The maximum atomic E-state index is 14.8. The number of hydrogen-bond acceptors (Lipinski definition) is 3. The van der Waals surface area contributed by atoms with Gasteiger partial charge in [-0.3, -0.25) is 0 Å². The maximum Gasteiger partial charge on any atom is 0.341 e. The molecule has 2 fully saturated rings. The smallest absolute Gasteiger partial charge is 0.341 e. The Hall–Kier alpha value is -1.42. The van der Waals surface area contributed by atoms with Crippen LogP contribution in [-0.4, -0.2) is 18.7 Å². The molecule has 0 spiro atoms. The summed E-state index contributed by atoms with van der Waals surface area (Å²) in [5.74, 6) is 0.377. The zero-order chi connectivity index (χ0) is 21.3. The normalized spacial score (nSPS) is 27.0. The summed E-state index contributed by atoms with van der Waals surface area (Å²) in [6, 6.07) is 4.91. The molecular formula is C26H39FO3. The van der Waals surface area contributed by atoms with Gasteiger partial charge in [0.1, 0.15) is 11.9 Å². The molecule has 0 N–H and O–H groups in total. The van der Waals surface area contributed by atoms with E-state index in [1.165, 1.54) is 44.6 Å². The Balaban J connectivity index is 1.54. The number of ether oxygens (including phenoxy) is 2. The van der Waals surface area contributed by atoms with Crippen molar-refractivity contribution >= 4 is 5.97 Å². The number of carbonyl (C=O) groups excluding carboxylic acids is 1. The molecule has 3 rings (SSSR count). The predicted octanol–water partition coefficient (Wildman–Crippen LogP) is 7.39. The number of esters is 1. The van der Waals surface area contributed by atoms with Gasteiger partial charge in [-0.2, -0.15) is 0 Å². The third-order valence-corrected chi connectivity index (χ3v) is 6.96. The summed E-state index contributed by atoms with van der Waals surface area (Å²) in [4.78, 5) is 12.5. The number of carbonyl (C=O) groups is 1. The first-order chi connectivity index (χ1) is 14.6. The highest BCUT2D eigenvalue weighted by Crippen LogP contribution is 2.35. The third-order valence-electron chi connectivity index (χ3n) is 6.96. The van der Waals surface area contributed by atoms with Crippen LogP contribution in [0.5, 0.6) is 0 Å². The highest BCUT2D eigenvalue weighted by Gasteiger charge is 2.27. The van der Waals surface area contributed by atoms with Gasteiger partial charge in [-0.1, -0.05) is 58.4 Å². The van der Waals surface area contributed by atoms with E-state index in [0.29, 0.717) is 5.92 Å². The highest BCUT2D eigenvalue weighted by molar-refractivity contribution is 5.89. The van der Waals surface area contributed by atoms with Crippen LogP contribution in [0.1, 0.15) is 113 Å². The zero-order valence-corrected chi connectivity index (χ0v) is 18.8. The second-order valence-electron chi connectivity index (χ2n) is 9.32. The van der Waals surface area contributed by atoms with Crippen LogP contribution >= 0.6 is 0 Å². The molecule has 0 bridgehead atoms. The van der Waals surface area contributed by atoms with Crippen LogP contribution in [0.15, 0.2) is 18.2 Å². The van der Waals surface area contributed by atoms with Gasteiger partial charge in [0.15, 0.2) is 0 Å². The number of rotatable bonds is 9. The minimum absolute atomic E-state index is 0.0461. The molecule has 4 heteroatoms. The lowest BCUT2D eigenvalue weighted by Crippen LogP contribution is -2.25. The van der Waals surface area contributed by atoms with Crippen molar-refractivity contribution in [3.05, 3.63) is 35.1 Å². The Labute approximate surface area is 181 Å². The van der Waals surface area contributed by atoms with Crippen LogP contribution < -0.4 is 0 Å². The Morgan fingerprint density at radius 1 is 1.03 bits per heavy atom. The molecule has 2 unspecified atom stereocenters. The molecule has 1 aliphatic carbocycles. The van der Waals surface area contributed by atoms with Gasteiger partial charge in [-0.15, -0.1) is 0 Å². The first-order valence-electron chi connectivity index (χ1n) is 12.2. The largest absolute Gasteiger partial charge is 0.459 e. The van der Waals surface area contributed by atoms with E-state index in [4.69, 9.17) is 9.47 Å². The van der Waals surface area contributed by atoms with Crippen molar-refractivity contribution in [2.24, 2.45) is 11.8 Å². The molecule has 1 saturated carbocycles. The predicted molar refractivity (Wildman–Crippen MR) is 118 cm³/mol. The molecule has 0 radical (unpaired) electrons. The summed E-state index contributed by atoms with van der Waals surface area (Å²) in [5, 5.41) is 0. The molecular weight excluding hydrogens is 379 g/mol. The zero-order valence-electron chi connectivity index (χ0n) is 18.8. The van der Waals surface area contributed by atoms with Crippen molar-refractivity contribution in [1.82, 2.24) is 0 Å². The molecule has 0 amide bonds. The van der Waals surface area contributed by atoms with Gasteiger partial charge < -0.3 is 9.47 Å². The fourth-order valence-electron chi connectivity index (χ4n) is 5.10. The molecule has 0 aromatic heterocycles. The lowest BCUT2D eigenvalue weighted by molar-refractivity contribution is -0.0127. The summed E-state index contributed by atoms with van der Waals surface area (Å²) in [6.45, 7) is 5.16. The number of halogens is 1. The SMILES string of the molecule is CCCCCC1CCOC(c2ccc(C(=O)OC3CCC(CCC)CC3)c(F)c2)C1. The van der Waals surface area contributed by atoms with Gasteiger partial charge in [0.2, 0.25) is 0 Å². The minimum Gasteiger partial charge on any atom is -0.459 e. The molecule has 1 saturated heterocycles. The van der Waals surface area contributed by atoms with Crippen molar-refractivity contribution in [2.75, 3.05) is 6.61 Å². The van der Waals surface area contributed by atoms with Crippen molar-refractivity contribution in [3.8, 4) is 0 Å². The molecule has 1 aliphatic heterocycles. The van der Waals surface area contributed by atoms with Gasteiger partial charge >= 0.3 is 5.97 Å². The summed E-state index contributed by atoms with van der Waals surface area (Å²) in [6.07, 6.45) is 13.3. The Morgan fingerprint density at radius 3 is 2.53 bits per heavy atom. The quantitative estimate of drug-likeness (QED) is 0.310. The summed E-state index contributed by atoms with van der Waals surface area (Å²) in [5.41, 5.74) is 0.883. The van der Waals surface area contributed by atoms with E-state index in [1.54, 1.807) is 6.07 Å². The van der Waals surface area contributed by atoms with Gasteiger partial charge in [0.25, 0.3) is 0 Å². The van der Waals surface area contributed by atoms with Crippen LogP contribution in [0.3, 0.4) is 0 Å². The van der Waals surface area contributed by atoms with Gasteiger partial charge in [0, 0.05) is 6.61 Å². The fourth-order valence-corrected chi connectivity index (χ4v) is 5.10. The summed E-state index contributed by atoms with van der Waals surface area (Å²) in [7, 11) is 0. The van der Waals surface area contributed by atoms with Crippen molar-refractivity contribution < 1.29 is 18.7 Å². The van der Waals surface area contributed by atoms with Gasteiger partial charge in [-0.25, -0.2) is 9.18 Å². The monoisotopic (exact) mass is 418 g/mol. The third kappa shape index (κ3) is 6.54. The van der Waals surface area contributed by atoms with E-state index in [2.05, 4.69) is 13.8 Å². The fraction of sp³-hybridized carbons (Fsp3) is 0.731.